The molecule has 0 amide bonds. The molecule has 1 fully saturated rings. The molecule has 1 aliphatic heterocycles. The third-order valence-corrected chi connectivity index (χ3v) is 5.46. The average molecular weight is 407 g/mol. The summed E-state index contributed by atoms with van der Waals surface area (Å²) in [6, 6.07) is 9.50. The Morgan fingerprint density at radius 3 is 2.48 bits per heavy atom. The second-order valence-corrected chi connectivity index (χ2v) is 7.03. The molecule has 1 N–H and O–H groups in total. The summed E-state index contributed by atoms with van der Waals surface area (Å²) in [6.07, 6.45) is -0.0719. The van der Waals surface area contributed by atoms with E-state index in [-0.39, 0.29) is 0 Å². The van der Waals surface area contributed by atoms with Crippen LogP contribution in [-0.4, -0.2) is 32.5 Å². The van der Waals surface area contributed by atoms with Crippen LogP contribution in [-0.2, 0) is 21.7 Å². The smallest absolute Gasteiger partial charge is 0.199 e. The number of aliphatic hydroxyl groups excluding tert-OH is 1. The van der Waals surface area contributed by atoms with Crippen LogP contribution in [0.5, 0.6) is 11.5 Å². The van der Waals surface area contributed by atoms with Gasteiger partial charge in [-0.1, -0.05) is 12.1 Å². The van der Waals surface area contributed by atoms with Crippen molar-refractivity contribution in [1.82, 2.24) is 0 Å². The monoisotopic (exact) mass is 406 g/mol. The van der Waals surface area contributed by atoms with E-state index in [0.717, 1.165) is 22.0 Å². The number of hydrogen-bond donors (Lipinski definition) is 1. The maximum absolute atomic E-state index is 10.9. The number of ether oxygens (including phenoxy) is 4. The molecule has 0 bridgehead atoms. The van der Waals surface area contributed by atoms with Crippen LogP contribution in [0.15, 0.2) is 34.8 Å². The van der Waals surface area contributed by atoms with E-state index in [1.807, 2.05) is 24.3 Å². The number of aliphatic hydroxyl groups is 1. The Labute approximate surface area is 154 Å². The number of hydrogen-bond acceptors (Lipinski definition) is 5. The molecule has 1 saturated heterocycles. The van der Waals surface area contributed by atoms with Crippen LogP contribution in [0.25, 0.3) is 0 Å². The van der Waals surface area contributed by atoms with E-state index < -0.39 is 11.9 Å². The molecule has 1 atom stereocenters. The maximum atomic E-state index is 10.9. The van der Waals surface area contributed by atoms with Gasteiger partial charge in [0.25, 0.3) is 0 Å². The molecule has 1 heterocycles. The molecule has 5 nitrogen and oxygen atoms in total. The normalized spacial score (nSPS) is 18.6. The van der Waals surface area contributed by atoms with Crippen molar-refractivity contribution in [2.75, 3.05) is 27.4 Å². The molecule has 2 aliphatic rings. The van der Waals surface area contributed by atoms with Crippen LogP contribution >= 0.6 is 15.9 Å². The summed E-state index contributed by atoms with van der Waals surface area (Å²) in [5.41, 5.74) is 3.64. The Kier molecular flexibility index (Phi) is 4.24. The highest BCUT2D eigenvalue weighted by molar-refractivity contribution is 9.10. The molecule has 132 valence electrons. The highest BCUT2D eigenvalue weighted by Crippen LogP contribution is 2.47. The van der Waals surface area contributed by atoms with Crippen molar-refractivity contribution < 1.29 is 24.1 Å². The first-order valence-corrected chi connectivity index (χ1v) is 8.88. The first kappa shape index (κ1) is 16.8. The van der Waals surface area contributed by atoms with Crippen molar-refractivity contribution in [3.63, 3.8) is 0 Å². The molecule has 1 aliphatic carbocycles. The molecule has 2 aromatic carbocycles. The fourth-order valence-electron chi connectivity index (χ4n) is 3.50. The van der Waals surface area contributed by atoms with Crippen LogP contribution in [0.1, 0.15) is 28.4 Å². The van der Waals surface area contributed by atoms with E-state index in [4.69, 9.17) is 18.9 Å². The second kappa shape index (κ2) is 6.29. The fraction of sp³-hybridized carbons (Fsp3) is 0.368. The summed E-state index contributed by atoms with van der Waals surface area (Å²) in [6.45, 7) is 1.21. The molecule has 25 heavy (non-hydrogen) atoms. The van der Waals surface area contributed by atoms with E-state index in [1.165, 1.54) is 5.56 Å². The van der Waals surface area contributed by atoms with Gasteiger partial charge in [0.15, 0.2) is 5.79 Å². The molecule has 1 spiro atoms. The van der Waals surface area contributed by atoms with Gasteiger partial charge >= 0.3 is 0 Å². The van der Waals surface area contributed by atoms with Crippen molar-refractivity contribution in [3.05, 3.63) is 57.1 Å². The average Bonchev–Trinajstić information content (AvgIpc) is 3.12. The van der Waals surface area contributed by atoms with Crippen LogP contribution in [0.4, 0.5) is 0 Å². The summed E-state index contributed by atoms with van der Waals surface area (Å²) in [5, 5.41) is 10.9. The fourth-order valence-corrected chi connectivity index (χ4v) is 4.02. The highest BCUT2D eigenvalue weighted by Gasteiger charge is 2.48. The summed E-state index contributed by atoms with van der Waals surface area (Å²) >= 11 is 3.47. The molecule has 4 rings (SSSR count). The van der Waals surface area contributed by atoms with Crippen molar-refractivity contribution >= 4 is 15.9 Å². The molecule has 1 unspecified atom stereocenters. The Morgan fingerprint density at radius 2 is 1.80 bits per heavy atom. The van der Waals surface area contributed by atoms with Gasteiger partial charge in [0, 0.05) is 23.6 Å². The number of rotatable bonds is 4. The Morgan fingerprint density at radius 1 is 1.08 bits per heavy atom. The van der Waals surface area contributed by atoms with E-state index in [2.05, 4.69) is 15.9 Å². The van der Waals surface area contributed by atoms with E-state index in [0.29, 0.717) is 30.3 Å². The van der Waals surface area contributed by atoms with Gasteiger partial charge in [0.05, 0.1) is 31.9 Å². The second-order valence-electron chi connectivity index (χ2n) is 6.17. The largest absolute Gasteiger partial charge is 0.496 e. The van der Waals surface area contributed by atoms with Crippen LogP contribution < -0.4 is 9.47 Å². The number of halogens is 1. The lowest BCUT2D eigenvalue weighted by atomic mass is 9.80. The molecular formula is C19H19BrO5. The first-order valence-electron chi connectivity index (χ1n) is 8.08. The summed E-state index contributed by atoms with van der Waals surface area (Å²) in [5.74, 6) is 0.602. The van der Waals surface area contributed by atoms with Gasteiger partial charge in [0.2, 0.25) is 0 Å². The van der Waals surface area contributed by atoms with Crippen LogP contribution in [0.3, 0.4) is 0 Å². The SMILES string of the molecule is COc1cc(OC)c(C(O)c2ccc3c(c2)C2(C3)OCCO2)cc1Br. The van der Waals surface area contributed by atoms with Gasteiger partial charge in [0.1, 0.15) is 17.6 Å². The van der Waals surface area contributed by atoms with Gasteiger partial charge in [-0.25, -0.2) is 0 Å². The van der Waals surface area contributed by atoms with Gasteiger partial charge in [-0.2, -0.15) is 0 Å². The lowest BCUT2D eigenvalue weighted by Crippen LogP contribution is -2.40. The van der Waals surface area contributed by atoms with Crippen molar-refractivity contribution in [2.24, 2.45) is 0 Å². The molecular weight excluding hydrogens is 388 g/mol. The topological polar surface area (TPSA) is 57.2 Å². The van der Waals surface area contributed by atoms with Gasteiger partial charge in [-0.15, -0.1) is 0 Å². The van der Waals surface area contributed by atoms with Crippen molar-refractivity contribution in [3.8, 4) is 11.5 Å². The number of benzene rings is 2. The number of methoxy groups -OCH3 is 2. The minimum absolute atomic E-state index is 0.568. The molecule has 0 saturated carbocycles. The molecule has 0 aromatic heterocycles. The quantitative estimate of drug-likeness (QED) is 0.843. The molecule has 6 heteroatoms. The van der Waals surface area contributed by atoms with Crippen LogP contribution in [0.2, 0.25) is 0 Å². The van der Waals surface area contributed by atoms with E-state index in [9.17, 15) is 5.11 Å². The zero-order valence-electron chi connectivity index (χ0n) is 14.0. The van der Waals surface area contributed by atoms with Crippen molar-refractivity contribution in [2.45, 2.75) is 18.3 Å². The third-order valence-electron chi connectivity index (χ3n) is 4.84. The lowest BCUT2D eigenvalue weighted by molar-refractivity contribution is -0.182. The maximum Gasteiger partial charge on any atom is 0.199 e. The van der Waals surface area contributed by atoms with E-state index >= 15 is 0 Å². The number of fused-ring (bicyclic) bond motifs is 2. The Bertz CT molecular complexity index is 814. The van der Waals surface area contributed by atoms with Gasteiger partial charge in [-0.05, 0) is 39.2 Å². The third kappa shape index (κ3) is 2.64. The van der Waals surface area contributed by atoms with Gasteiger partial charge in [-0.3, -0.25) is 0 Å². The Hall–Kier alpha value is -1.60. The highest BCUT2D eigenvalue weighted by atomic mass is 79.9. The zero-order chi connectivity index (χ0) is 17.6. The molecule has 2 aromatic rings. The van der Waals surface area contributed by atoms with Crippen LogP contribution in [0, 0.1) is 0 Å². The van der Waals surface area contributed by atoms with E-state index in [1.54, 1.807) is 20.3 Å². The Balaban J connectivity index is 1.71. The van der Waals surface area contributed by atoms with Gasteiger partial charge < -0.3 is 24.1 Å². The zero-order valence-corrected chi connectivity index (χ0v) is 15.6. The first-order chi connectivity index (χ1) is 12.1. The van der Waals surface area contributed by atoms with Crippen molar-refractivity contribution in [1.29, 1.82) is 0 Å². The molecule has 0 radical (unpaired) electrons. The summed E-state index contributed by atoms with van der Waals surface area (Å²) in [4.78, 5) is 0. The lowest BCUT2D eigenvalue weighted by Gasteiger charge is -2.39. The standard InChI is InChI=1S/C19H19BrO5/c1-22-16-9-17(23-2)15(20)8-13(16)18(21)11-3-4-12-10-19(14(12)7-11)24-5-6-25-19/h3-4,7-9,18,21H,5-6,10H2,1-2H3. The minimum Gasteiger partial charge on any atom is -0.496 e. The summed E-state index contributed by atoms with van der Waals surface area (Å²) < 4.78 is 23.1. The predicted octanol–water partition coefficient (Wildman–Crippen LogP) is 3.30. The summed E-state index contributed by atoms with van der Waals surface area (Å²) in [7, 11) is 3.17. The minimum atomic E-state index is -0.832. The predicted molar refractivity (Wildman–Crippen MR) is 95.0 cm³/mol.